The fraction of sp³-hybridized carbons (Fsp3) is 0.500. The van der Waals surface area contributed by atoms with Crippen LogP contribution in [0.4, 0.5) is 0 Å². The first-order chi connectivity index (χ1) is 8.38. The van der Waals surface area contributed by atoms with Crippen LogP contribution in [0.5, 0.6) is 5.75 Å². The molecule has 90 valence electrons. The molecule has 1 aliphatic heterocycles. The van der Waals surface area contributed by atoms with Gasteiger partial charge in [0, 0.05) is 0 Å². The van der Waals surface area contributed by atoms with E-state index >= 15 is 0 Å². The third-order valence-corrected chi connectivity index (χ3v) is 3.24. The second-order valence-electron chi connectivity index (χ2n) is 4.47. The minimum absolute atomic E-state index is 0.677. The van der Waals surface area contributed by atoms with Crippen molar-refractivity contribution < 1.29 is 4.74 Å². The van der Waals surface area contributed by atoms with Gasteiger partial charge in [0.25, 0.3) is 0 Å². The molecule has 1 saturated heterocycles. The fourth-order valence-corrected chi connectivity index (χ4v) is 2.14. The zero-order valence-corrected chi connectivity index (χ0v) is 9.98. The van der Waals surface area contributed by atoms with Crippen LogP contribution in [0.15, 0.2) is 24.3 Å². The van der Waals surface area contributed by atoms with Gasteiger partial charge in [0.2, 0.25) is 0 Å². The molecule has 0 atom stereocenters. The van der Waals surface area contributed by atoms with Gasteiger partial charge in [0.05, 0.1) is 18.2 Å². The van der Waals surface area contributed by atoms with E-state index in [9.17, 15) is 0 Å². The highest BCUT2D eigenvalue weighted by atomic mass is 16.5. The summed E-state index contributed by atoms with van der Waals surface area (Å²) in [6.07, 6.45) is 3.65. The maximum atomic E-state index is 8.68. The average Bonchev–Trinajstić information content (AvgIpc) is 2.41. The molecule has 1 aromatic carbocycles. The maximum Gasteiger partial charge on any atom is 0.119 e. The fourth-order valence-electron chi connectivity index (χ4n) is 2.14. The lowest BCUT2D eigenvalue weighted by Gasteiger charge is -2.22. The van der Waals surface area contributed by atoms with E-state index in [1.807, 2.05) is 12.1 Å². The predicted octanol–water partition coefficient (Wildman–Crippen LogP) is 2.33. The molecule has 3 heteroatoms. The van der Waals surface area contributed by atoms with E-state index in [0.717, 1.165) is 37.8 Å². The molecular weight excluding hydrogens is 212 g/mol. The van der Waals surface area contributed by atoms with E-state index in [1.165, 1.54) is 12.8 Å². The van der Waals surface area contributed by atoms with E-state index in [0.29, 0.717) is 5.56 Å². The second-order valence-corrected chi connectivity index (χ2v) is 4.47. The number of nitrogens with one attached hydrogen (secondary N) is 1. The molecule has 3 nitrogen and oxygen atoms in total. The molecule has 2 rings (SSSR count). The van der Waals surface area contributed by atoms with Gasteiger partial charge >= 0.3 is 0 Å². The van der Waals surface area contributed by atoms with Gasteiger partial charge in [-0.15, -0.1) is 0 Å². The number of hydrogen-bond donors (Lipinski definition) is 1. The number of benzene rings is 1. The minimum atomic E-state index is 0.677. The highest BCUT2D eigenvalue weighted by molar-refractivity contribution is 5.34. The third-order valence-electron chi connectivity index (χ3n) is 3.24. The summed E-state index contributed by atoms with van der Waals surface area (Å²) in [5.41, 5.74) is 0.677. The molecule has 0 radical (unpaired) electrons. The lowest BCUT2D eigenvalue weighted by Crippen LogP contribution is -2.28. The molecule has 0 bridgehead atoms. The van der Waals surface area contributed by atoms with Gasteiger partial charge < -0.3 is 10.1 Å². The minimum Gasteiger partial charge on any atom is -0.494 e. The smallest absolute Gasteiger partial charge is 0.119 e. The topological polar surface area (TPSA) is 45.0 Å². The summed E-state index contributed by atoms with van der Waals surface area (Å²) in [4.78, 5) is 0. The molecule has 1 aromatic rings. The van der Waals surface area contributed by atoms with Crippen LogP contribution in [0.1, 0.15) is 24.8 Å². The summed E-state index contributed by atoms with van der Waals surface area (Å²) in [5, 5.41) is 12.0. The molecule has 0 amide bonds. The lowest BCUT2D eigenvalue weighted by atomic mass is 9.95. The maximum absolute atomic E-state index is 8.68. The highest BCUT2D eigenvalue weighted by Gasteiger charge is 2.12. The van der Waals surface area contributed by atoms with Gasteiger partial charge in [-0.3, -0.25) is 0 Å². The van der Waals surface area contributed by atoms with Crippen LogP contribution in [0.3, 0.4) is 0 Å². The van der Waals surface area contributed by atoms with Crippen molar-refractivity contribution in [1.29, 1.82) is 5.26 Å². The van der Waals surface area contributed by atoms with Gasteiger partial charge in [0.15, 0.2) is 0 Å². The molecule has 0 unspecified atom stereocenters. The van der Waals surface area contributed by atoms with E-state index in [-0.39, 0.29) is 0 Å². The number of nitriles is 1. The molecule has 0 aliphatic carbocycles. The molecule has 1 fully saturated rings. The molecule has 1 aliphatic rings. The van der Waals surface area contributed by atoms with E-state index in [2.05, 4.69) is 11.4 Å². The van der Waals surface area contributed by atoms with Crippen LogP contribution in [-0.4, -0.2) is 19.7 Å². The lowest BCUT2D eigenvalue weighted by molar-refractivity contribution is 0.252. The molecule has 0 spiro atoms. The number of rotatable bonds is 4. The number of nitrogens with zero attached hydrogens (tertiary/aromatic N) is 1. The molecule has 17 heavy (non-hydrogen) atoms. The van der Waals surface area contributed by atoms with Crippen molar-refractivity contribution in [1.82, 2.24) is 5.32 Å². The Morgan fingerprint density at radius 2 is 1.94 bits per heavy atom. The standard InChI is InChI=1S/C14H18N2O/c15-11-13-1-3-14(4-2-13)17-10-7-12-5-8-16-9-6-12/h1-4,12,16H,5-10H2. The number of piperidine rings is 1. The van der Waals surface area contributed by atoms with Gasteiger partial charge in [-0.1, -0.05) is 0 Å². The van der Waals surface area contributed by atoms with Crippen LogP contribution in [-0.2, 0) is 0 Å². The predicted molar refractivity (Wildman–Crippen MR) is 66.9 cm³/mol. The first kappa shape index (κ1) is 11.9. The normalized spacial score (nSPS) is 16.4. The van der Waals surface area contributed by atoms with Gasteiger partial charge in [-0.25, -0.2) is 0 Å². The van der Waals surface area contributed by atoms with E-state index < -0.39 is 0 Å². The van der Waals surface area contributed by atoms with Crippen molar-refractivity contribution in [2.75, 3.05) is 19.7 Å². The molecule has 1 heterocycles. The number of hydrogen-bond acceptors (Lipinski definition) is 3. The highest BCUT2D eigenvalue weighted by Crippen LogP contribution is 2.17. The van der Waals surface area contributed by atoms with Crippen LogP contribution >= 0.6 is 0 Å². The van der Waals surface area contributed by atoms with Crippen molar-refractivity contribution >= 4 is 0 Å². The van der Waals surface area contributed by atoms with Crippen LogP contribution in [0, 0.1) is 17.2 Å². The first-order valence-electron chi connectivity index (χ1n) is 6.22. The Balaban J connectivity index is 1.72. The zero-order chi connectivity index (χ0) is 11.9. The Hall–Kier alpha value is -1.53. The quantitative estimate of drug-likeness (QED) is 0.863. The zero-order valence-electron chi connectivity index (χ0n) is 9.98. The first-order valence-corrected chi connectivity index (χ1v) is 6.22. The summed E-state index contributed by atoms with van der Waals surface area (Å²) in [5.74, 6) is 1.66. The Morgan fingerprint density at radius 1 is 1.24 bits per heavy atom. The van der Waals surface area contributed by atoms with E-state index in [1.54, 1.807) is 12.1 Å². The van der Waals surface area contributed by atoms with Crippen molar-refractivity contribution in [3.05, 3.63) is 29.8 Å². The average molecular weight is 230 g/mol. The SMILES string of the molecule is N#Cc1ccc(OCCC2CCNCC2)cc1. The van der Waals surface area contributed by atoms with Crippen molar-refractivity contribution in [3.8, 4) is 11.8 Å². The summed E-state index contributed by atoms with van der Waals surface area (Å²) in [6, 6.07) is 9.41. The third kappa shape index (κ3) is 3.76. The van der Waals surface area contributed by atoms with Crippen LogP contribution < -0.4 is 10.1 Å². The van der Waals surface area contributed by atoms with E-state index in [4.69, 9.17) is 10.00 Å². The monoisotopic (exact) mass is 230 g/mol. The van der Waals surface area contributed by atoms with Crippen LogP contribution in [0.2, 0.25) is 0 Å². The Labute approximate surface area is 102 Å². The molecule has 0 saturated carbocycles. The van der Waals surface area contributed by atoms with Crippen molar-refractivity contribution in [2.24, 2.45) is 5.92 Å². The molecule has 0 aromatic heterocycles. The summed E-state index contributed by atoms with van der Waals surface area (Å²) < 4.78 is 5.68. The Morgan fingerprint density at radius 3 is 2.59 bits per heavy atom. The Bertz CT molecular complexity index is 374. The Kier molecular flexibility index (Phi) is 4.40. The largest absolute Gasteiger partial charge is 0.494 e. The second kappa shape index (κ2) is 6.27. The number of ether oxygens (including phenoxy) is 1. The summed E-state index contributed by atoms with van der Waals surface area (Å²) in [6.45, 7) is 3.06. The summed E-state index contributed by atoms with van der Waals surface area (Å²) >= 11 is 0. The molecule has 1 N–H and O–H groups in total. The summed E-state index contributed by atoms with van der Waals surface area (Å²) in [7, 11) is 0. The van der Waals surface area contributed by atoms with Gasteiger partial charge in [-0.05, 0) is 62.5 Å². The molecular formula is C14H18N2O. The van der Waals surface area contributed by atoms with Gasteiger partial charge in [-0.2, -0.15) is 5.26 Å². The van der Waals surface area contributed by atoms with Crippen molar-refractivity contribution in [2.45, 2.75) is 19.3 Å². The van der Waals surface area contributed by atoms with Gasteiger partial charge in [0.1, 0.15) is 5.75 Å². The van der Waals surface area contributed by atoms with Crippen LogP contribution in [0.25, 0.3) is 0 Å². The van der Waals surface area contributed by atoms with Crippen molar-refractivity contribution in [3.63, 3.8) is 0 Å².